The Kier molecular flexibility index (Phi) is 7.49. The molecule has 1 atom stereocenters. The molecule has 0 bridgehead atoms. The fourth-order valence-corrected chi connectivity index (χ4v) is 4.75. The van der Waals surface area contributed by atoms with Gasteiger partial charge in [0, 0.05) is 22.3 Å². The Hall–Kier alpha value is -1.69. The lowest BCUT2D eigenvalue weighted by molar-refractivity contribution is 0.210. The highest BCUT2D eigenvalue weighted by Gasteiger charge is 2.19. The van der Waals surface area contributed by atoms with Crippen LogP contribution in [0.3, 0.4) is 0 Å². The van der Waals surface area contributed by atoms with Gasteiger partial charge in [-0.2, -0.15) is 0 Å². The summed E-state index contributed by atoms with van der Waals surface area (Å²) >= 11 is 14.1. The molecule has 0 spiro atoms. The fraction of sp³-hybridized carbons (Fsp3) is 0.364. The molecule has 1 unspecified atom stereocenters. The van der Waals surface area contributed by atoms with Gasteiger partial charge in [0.25, 0.3) is 0 Å². The van der Waals surface area contributed by atoms with Gasteiger partial charge >= 0.3 is 0 Å². The van der Waals surface area contributed by atoms with Crippen molar-refractivity contribution in [2.75, 3.05) is 0 Å². The van der Waals surface area contributed by atoms with Crippen molar-refractivity contribution in [3.63, 3.8) is 0 Å². The van der Waals surface area contributed by atoms with E-state index in [1.807, 2.05) is 37.3 Å². The number of hydrogen-bond acceptors (Lipinski definition) is 4. The van der Waals surface area contributed by atoms with Gasteiger partial charge in [0.1, 0.15) is 5.75 Å². The van der Waals surface area contributed by atoms with Gasteiger partial charge in [-0.25, -0.2) is 0 Å². The molecule has 29 heavy (non-hydrogen) atoms. The summed E-state index contributed by atoms with van der Waals surface area (Å²) in [7, 11) is 0. The van der Waals surface area contributed by atoms with E-state index in [0.717, 1.165) is 28.8 Å². The molecule has 0 fully saturated rings. The van der Waals surface area contributed by atoms with Crippen LogP contribution in [0.15, 0.2) is 47.6 Å². The number of aromatic nitrogens is 3. The number of halogens is 2. The largest absolute Gasteiger partial charge is 0.483 e. The predicted molar refractivity (Wildman–Crippen MR) is 121 cm³/mol. The fourth-order valence-electron chi connectivity index (χ4n) is 3.00. The Labute approximate surface area is 186 Å². The molecule has 4 nitrogen and oxygen atoms in total. The second-order valence-corrected chi connectivity index (χ2v) is 8.81. The lowest BCUT2D eigenvalue weighted by Gasteiger charge is -2.16. The van der Waals surface area contributed by atoms with Crippen molar-refractivity contribution in [1.82, 2.24) is 14.8 Å². The lowest BCUT2D eigenvalue weighted by atomic mass is 10.0. The Morgan fingerprint density at radius 3 is 2.24 bits per heavy atom. The van der Waals surface area contributed by atoms with Gasteiger partial charge in [0.2, 0.25) is 0 Å². The van der Waals surface area contributed by atoms with Crippen LogP contribution in [0, 0.1) is 0 Å². The second kappa shape index (κ2) is 9.88. The minimum Gasteiger partial charge on any atom is -0.483 e. The van der Waals surface area contributed by atoms with Crippen LogP contribution in [-0.2, 0) is 12.3 Å². The van der Waals surface area contributed by atoms with Crippen LogP contribution in [0.4, 0.5) is 0 Å². The molecular weight excluding hydrogens is 425 g/mol. The van der Waals surface area contributed by atoms with E-state index in [0.29, 0.717) is 21.7 Å². The molecule has 7 heteroatoms. The first-order valence-electron chi connectivity index (χ1n) is 9.66. The first-order chi connectivity index (χ1) is 13.9. The molecule has 0 saturated carbocycles. The molecule has 0 N–H and O–H groups in total. The van der Waals surface area contributed by atoms with E-state index in [1.54, 1.807) is 11.8 Å². The smallest absolute Gasteiger partial charge is 0.191 e. The van der Waals surface area contributed by atoms with Gasteiger partial charge in [-0.1, -0.05) is 67.0 Å². The quantitative estimate of drug-likeness (QED) is 0.342. The third-order valence-corrected chi connectivity index (χ3v) is 6.39. The van der Waals surface area contributed by atoms with E-state index in [-0.39, 0.29) is 6.10 Å². The van der Waals surface area contributed by atoms with Crippen molar-refractivity contribution in [3.05, 3.63) is 69.5 Å². The zero-order chi connectivity index (χ0) is 21.0. The van der Waals surface area contributed by atoms with E-state index in [9.17, 15) is 0 Å². The molecule has 154 valence electrons. The summed E-state index contributed by atoms with van der Waals surface area (Å²) in [6, 6.07) is 13.8. The van der Waals surface area contributed by atoms with Crippen LogP contribution in [-0.4, -0.2) is 14.8 Å². The highest BCUT2D eigenvalue weighted by molar-refractivity contribution is 7.98. The first-order valence-corrected chi connectivity index (χ1v) is 11.4. The molecule has 0 aliphatic carbocycles. The third-order valence-electron chi connectivity index (χ3n) is 4.69. The molecular formula is C22H25Cl2N3OS. The van der Waals surface area contributed by atoms with Gasteiger partial charge in [-0.05, 0) is 55.2 Å². The molecule has 2 aromatic carbocycles. The maximum Gasteiger partial charge on any atom is 0.191 e. The maximum absolute atomic E-state index is 6.29. The average Bonchev–Trinajstić information content (AvgIpc) is 3.11. The van der Waals surface area contributed by atoms with Crippen molar-refractivity contribution in [3.8, 4) is 5.75 Å². The Morgan fingerprint density at radius 2 is 1.66 bits per heavy atom. The van der Waals surface area contributed by atoms with Crippen LogP contribution < -0.4 is 4.74 Å². The minimum atomic E-state index is -0.217. The Morgan fingerprint density at radius 1 is 1.00 bits per heavy atom. The molecule has 3 aromatic rings. The van der Waals surface area contributed by atoms with E-state index >= 15 is 0 Å². The first kappa shape index (κ1) is 22.0. The molecule has 0 radical (unpaired) electrons. The molecule has 1 aromatic heterocycles. The number of thioether (sulfide) groups is 1. The zero-order valence-electron chi connectivity index (χ0n) is 17.0. The second-order valence-electron chi connectivity index (χ2n) is 7.06. The third kappa shape index (κ3) is 5.27. The number of nitrogens with zero attached hydrogens (tertiary/aromatic N) is 3. The van der Waals surface area contributed by atoms with Crippen LogP contribution in [0.2, 0.25) is 10.0 Å². The summed E-state index contributed by atoms with van der Waals surface area (Å²) in [4.78, 5) is 0. The normalized spacial score (nSPS) is 12.4. The molecule has 0 saturated heterocycles. The maximum atomic E-state index is 6.29. The Bertz CT molecular complexity index is 937. The number of rotatable bonds is 8. The number of benzene rings is 2. The lowest BCUT2D eigenvalue weighted by Crippen LogP contribution is -2.12. The minimum absolute atomic E-state index is 0.217. The monoisotopic (exact) mass is 449 g/mol. The van der Waals surface area contributed by atoms with E-state index in [2.05, 4.69) is 47.7 Å². The molecule has 0 aliphatic heterocycles. The van der Waals surface area contributed by atoms with Crippen LogP contribution in [0.1, 0.15) is 56.7 Å². The topological polar surface area (TPSA) is 39.9 Å². The summed E-state index contributed by atoms with van der Waals surface area (Å²) in [5, 5.41) is 10.9. The van der Waals surface area contributed by atoms with Crippen LogP contribution >= 0.6 is 35.0 Å². The Balaban J connectivity index is 1.72. The van der Waals surface area contributed by atoms with Gasteiger partial charge in [0.05, 0.1) is 0 Å². The summed E-state index contributed by atoms with van der Waals surface area (Å²) < 4.78 is 8.19. The van der Waals surface area contributed by atoms with Gasteiger partial charge < -0.3 is 9.30 Å². The highest BCUT2D eigenvalue weighted by Crippen LogP contribution is 2.32. The van der Waals surface area contributed by atoms with E-state index in [1.165, 1.54) is 5.56 Å². The molecule has 0 amide bonds. The summed E-state index contributed by atoms with van der Waals surface area (Å²) in [6.45, 7) is 9.17. The zero-order valence-corrected chi connectivity index (χ0v) is 19.4. The van der Waals surface area contributed by atoms with Gasteiger partial charge in [-0.15, -0.1) is 10.2 Å². The van der Waals surface area contributed by atoms with Gasteiger partial charge in [-0.3, -0.25) is 0 Å². The van der Waals surface area contributed by atoms with Crippen molar-refractivity contribution in [2.24, 2.45) is 0 Å². The molecule has 1 heterocycles. The number of hydrogen-bond donors (Lipinski definition) is 0. The van der Waals surface area contributed by atoms with Crippen molar-refractivity contribution in [1.29, 1.82) is 0 Å². The predicted octanol–water partition coefficient (Wildman–Crippen LogP) is 7.16. The van der Waals surface area contributed by atoms with Crippen molar-refractivity contribution in [2.45, 2.75) is 57.2 Å². The summed E-state index contributed by atoms with van der Waals surface area (Å²) in [5.74, 6) is 2.75. The van der Waals surface area contributed by atoms with E-state index in [4.69, 9.17) is 27.9 Å². The molecule has 0 aliphatic rings. The van der Waals surface area contributed by atoms with Crippen LogP contribution in [0.25, 0.3) is 0 Å². The van der Waals surface area contributed by atoms with Crippen molar-refractivity contribution < 1.29 is 4.74 Å². The van der Waals surface area contributed by atoms with Crippen molar-refractivity contribution >= 4 is 35.0 Å². The average molecular weight is 450 g/mol. The van der Waals surface area contributed by atoms with E-state index < -0.39 is 0 Å². The highest BCUT2D eigenvalue weighted by atomic mass is 35.5. The number of ether oxygens (including phenoxy) is 1. The molecule has 3 rings (SSSR count). The van der Waals surface area contributed by atoms with Gasteiger partial charge in [0.15, 0.2) is 17.1 Å². The SMILES string of the molecule is CCn1c(SCc2c(Cl)cccc2Cl)nnc1C(C)Oc1ccc(C(C)C)cc1. The summed E-state index contributed by atoms with van der Waals surface area (Å²) in [5.41, 5.74) is 2.20. The van der Waals surface area contributed by atoms with Crippen LogP contribution in [0.5, 0.6) is 5.75 Å². The summed E-state index contributed by atoms with van der Waals surface area (Å²) in [6.07, 6.45) is -0.217. The standard InChI is InChI=1S/C22H25Cl2N3OS/c1-5-27-21(15(4)28-17-11-9-16(10-12-17)14(2)3)25-26-22(27)29-13-18-19(23)7-6-8-20(18)24/h6-12,14-15H,5,13H2,1-4H3.